The van der Waals surface area contributed by atoms with Crippen LogP contribution >= 0.6 is 11.3 Å². The molecule has 0 spiro atoms. The highest BCUT2D eigenvalue weighted by molar-refractivity contribution is 7.13. The van der Waals surface area contributed by atoms with E-state index >= 15 is 0 Å². The van der Waals surface area contributed by atoms with Gasteiger partial charge in [0.2, 0.25) is 5.13 Å². The lowest BCUT2D eigenvalue weighted by Gasteiger charge is -2.09. The molecule has 0 saturated heterocycles. The summed E-state index contributed by atoms with van der Waals surface area (Å²) in [4.78, 5) is 0. The fourth-order valence-corrected chi connectivity index (χ4v) is 1.79. The molecule has 1 atom stereocenters. The van der Waals surface area contributed by atoms with Crippen LogP contribution in [-0.2, 0) is 6.42 Å². The number of nitrogens with zero attached hydrogens (tertiary/aromatic N) is 2. The molecule has 0 saturated carbocycles. The molecule has 0 fully saturated rings. The highest BCUT2D eigenvalue weighted by Gasteiger charge is 2.06. The molecule has 5 heteroatoms. The van der Waals surface area contributed by atoms with E-state index in [4.69, 9.17) is 4.42 Å². The number of anilines is 1. The molecule has 0 amide bonds. The SMILES string of the molecule is CC(Cc1ccco1)Nc1nncs1. The molecule has 2 rings (SSSR count). The van der Waals surface area contributed by atoms with Crippen molar-refractivity contribution < 1.29 is 4.42 Å². The van der Waals surface area contributed by atoms with E-state index < -0.39 is 0 Å². The van der Waals surface area contributed by atoms with Crippen molar-refractivity contribution in [2.24, 2.45) is 0 Å². The van der Waals surface area contributed by atoms with Gasteiger partial charge in [-0.2, -0.15) is 0 Å². The van der Waals surface area contributed by atoms with E-state index in [-0.39, 0.29) is 0 Å². The van der Waals surface area contributed by atoms with E-state index in [1.54, 1.807) is 11.8 Å². The monoisotopic (exact) mass is 209 g/mol. The minimum atomic E-state index is 0.300. The minimum Gasteiger partial charge on any atom is -0.469 e. The third kappa shape index (κ3) is 2.32. The Kier molecular flexibility index (Phi) is 2.78. The summed E-state index contributed by atoms with van der Waals surface area (Å²) in [5.74, 6) is 0.981. The van der Waals surface area contributed by atoms with Crippen LogP contribution < -0.4 is 5.32 Å². The molecule has 1 unspecified atom stereocenters. The number of furan rings is 1. The molecule has 2 aromatic heterocycles. The van der Waals surface area contributed by atoms with Gasteiger partial charge < -0.3 is 9.73 Å². The molecule has 0 bridgehead atoms. The summed E-state index contributed by atoms with van der Waals surface area (Å²) in [6.45, 7) is 2.09. The minimum absolute atomic E-state index is 0.300. The van der Waals surface area contributed by atoms with E-state index in [0.717, 1.165) is 17.3 Å². The molecule has 0 aromatic carbocycles. The van der Waals surface area contributed by atoms with Crippen LogP contribution in [0.2, 0.25) is 0 Å². The van der Waals surface area contributed by atoms with Crippen molar-refractivity contribution >= 4 is 16.5 Å². The quantitative estimate of drug-likeness (QED) is 0.838. The Labute approximate surface area is 86.0 Å². The van der Waals surface area contributed by atoms with Crippen LogP contribution in [0.1, 0.15) is 12.7 Å². The van der Waals surface area contributed by atoms with Crippen LogP contribution in [0.4, 0.5) is 5.13 Å². The van der Waals surface area contributed by atoms with Gasteiger partial charge in [-0.25, -0.2) is 0 Å². The van der Waals surface area contributed by atoms with Crippen molar-refractivity contribution in [2.75, 3.05) is 5.32 Å². The Bertz CT molecular complexity index is 321. The number of nitrogens with one attached hydrogen (secondary N) is 1. The molecule has 0 aliphatic rings. The summed E-state index contributed by atoms with van der Waals surface area (Å²) in [6, 6.07) is 4.17. The molecule has 2 heterocycles. The lowest BCUT2D eigenvalue weighted by molar-refractivity contribution is 0.497. The van der Waals surface area contributed by atoms with Crippen LogP contribution in [0.3, 0.4) is 0 Å². The molecule has 4 nitrogen and oxygen atoms in total. The van der Waals surface area contributed by atoms with Gasteiger partial charge in [0.1, 0.15) is 11.3 Å². The van der Waals surface area contributed by atoms with Gasteiger partial charge in [0.15, 0.2) is 0 Å². The second-order valence-electron chi connectivity index (χ2n) is 3.07. The normalized spacial score (nSPS) is 12.6. The highest BCUT2D eigenvalue weighted by atomic mass is 32.1. The van der Waals surface area contributed by atoms with Gasteiger partial charge in [-0.1, -0.05) is 11.3 Å². The Hall–Kier alpha value is -1.36. The van der Waals surface area contributed by atoms with Crippen molar-refractivity contribution in [1.29, 1.82) is 0 Å². The zero-order chi connectivity index (χ0) is 9.80. The third-order valence-electron chi connectivity index (χ3n) is 1.82. The van der Waals surface area contributed by atoms with Gasteiger partial charge in [-0.3, -0.25) is 0 Å². The van der Waals surface area contributed by atoms with Crippen molar-refractivity contribution in [3.63, 3.8) is 0 Å². The Morgan fingerprint density at radius 2 is 2.57 bits per heavy atom. The van der Waals surface area contributed by atoms with Gasteiger partial charge in [0.25, 0.3) is 0 Å². The molecule has 14 heavy (non-hydrogen) atoms. The molecule has 0 radical (unpaired) electrons. The van der Waals surface area contributed by atoms with Crippen LogP contribution in [0.5, 0.6) is 0 Å². The molecule has 1 N–H and O–H groups in total. The predicted molar refractivity (Wildman–Crippen MR) is 55.4 cm³/mol. The smallest absolute Gasteiger partial charge is 0.205 e. The zero-order valence-electron chi connectivity index (χ0n) is 7.80. The maximum Gasteiger partial charge on any atom is 0.205 e. The summed E-state index contributed by atoms with van der Waals surface area (Å²) in [5, 5.41) is 11.8. The van der Waals surface area contributed by atoms with Crippen LogP contribution in [-0.4, -0.2) is 16.2 Å². The van der Waals surface area contributed by atoms with E-state index in [2.05, 4.69) is 22.4 Å². The van der Waals surface area contributed by atoms with Gasteiger partial charge >= 0.3 is 0 Å². The Morgan fingerprint density at radius 1 is 1.64 bits per heavy atom. The van der Waals surface area contributed by atoms with Crippen molar-refractivity contribution in [2.45, 2.75) is 19.4 Å². The average molecular weight is 209 g/mol. The number of hydrogen-bond acceptors (Lipinski definition) is 5. The Balaban J connectivity index is 1.88. The third-order valence-corrected chi connectivity index (χ3v) is 2.44. The van der Waals surface area contributed by atoms with E-state index in [9.17, 15) is 0 Å². The lowest BCUT2D eigenvalue weighted by atomic mass is 10.2. The first kappa shape index (κ1) is 9.21. The fourth-order valence-electron chi connectivity index (χ4n) is 1.23. The first-order valence-electron chi connectivity index (χ1n) is 4.39. The predicted octanol–water partition coefficient (Wildman–Crippen LogP) is 2.17. The van der Waals surface area contributed by atoms with Gasteiger partial charge in [-0.15, -0.1) is 10.2 Å². The maximum atomic E-state index is 5.25. The van der Waals surface area contributed by atoms with E-state index in [1.807, 2.05) is 12.1 Å². The molecule has 2 aromatic rings. The van der Waals surface area contributed by atoms with Crippen molar-refractivity contribution in [1.82, 2.24) is 10.2 Å². The maximum absolute atomic E-state index is 5.25. The molecular weight excluding hydrogens is 198 g/mol. The van der Waals surface area contributed by atoms with Gasteiger partial charge in [0.05, 0.1) is 6.26 Å². The second-order valence-corrected chi connectivity index (χ2v) is 3.91. The van der Waals surface area contributed by atoms with E-state index in [0.29, 0.717) is 6.04 Å². The van der Waals surface area contributed by atoms with Crippen molar-refractivity contribution in [3.8, 4) is 0 Å². The highest BCUT2D eigenvalue weighted by Crippen LogP contribution is 2.12. The molecule has 74 valence electrons. The number of hydrogen-bond donors (Lipinski definition) is 1. The molecular formula is C9H11N3OS. The van der Waals surface area contributed by atoms with Crippen molar-refractivity contribution in [3.05, 3.63) is 29.7 Å². The lowest BCUT2D eigenvalue weighted by Crippen LogP contribution is -2.17. The van der Waals surface area contributed by atoms with Crippen LogP contribution in [0, 0.1) is 0 Å². The number of rotatable bonds is 4. The largest absolute Gasteiger partial charge is 0.469 e. The standard InChI is InChI=1S/C9H11N3OS/c1-7(5-8-3-2-4-13-8)11-9-12-10-6-14-9/h2-4,6-7H,5H2,1H3,(H,11,12). The van der Waals surface area contributed by atoms with Crippen LogP contribution in [0.25, 0.3) is 0 Å². The number of aromatic nitrogens is 2. The summed E-state index contributed by atoms with van der Waals surface area (Å²) in [5.41, 5.74) is 1.71. The first-order chi connectivity index (χ1) is 6.84. The van der Waals surface area contributed by atoms with E-state index in [1.165, 1.54) is 11.3 Å². The van der Waals surface area contributed by atoms with Crippen LogP contribution in [0.15, 0.2) is 28.3 Å². The molecule has 0 aliphatic heterocycles. The van der Waals surface area contributed by atoms with Gasteiger partial charge in [0, 0.05) is 12.5 Å². The van der Waals surface area contributed by atoms with Gasteiger partial charge in [-0.05, 0) is 19.1 Å². The first-order valence-corrected chi connectivity index (χ1v) is 5.27. The Morgan fingerprint density at radius 3 is 3.21 bits per heavy atom. The summed E-state index contributed by atoms with van der Waals surface area (Å²) < 4.78 is 5.25. The topological polar surface area (TPSA) is 51.0 Å². The summed E-state index contributed by atoms with van der Waals surface area (Å²) >= 11 is 1.50. The zero-order valence-corrected chi connectivity index (χ0v) is 8.62. The average Bonchev–Trinajstić information content (AvgIpc) is 2.76. The molecule has 0 aliphatic carbocycles. The fraction of sp³-hybridized carbons (Fsp3) is 0.333. The summed E-state index contributed by atoms with van der Waals surface area (Å²) in [6.07, 6.45) is 2.54. The summed E-state index contributed by atoms with van der Waals surface area (Å²) in [7, 11) is 0. The second kappa shape index (κ2) is 4.23.